The van der Waals surface area contributed by atoms with Crippen molar-refractivity contribution in [1.82, 2.24) is 0 Å². The van der Waals surface area contributed by atoms with Gasteiger partial charge in [0.05, 0.1) is 0 Å². The van der Waals surface area contributed by atoms with Crippen LogP contribution in [0.3, 0.4) is 0 Å². The first-order chi connectivity index (χ1) is 8.70. The van der Waals surface area contributed by atoms with E-state index in [0.29, 0.717) is 6.04 Å². The van der Waals surface area contributed by atoms with Crippen molar-refractivity contribution >= 4 is 21.6 Å². The third-order valence-electron chi connectivity index (χ3n) is 4.11. The first kappa shape index (κ1) is 12.5. The highest BCUT2D eigenvalue weighted by atomic mass is 79.9. The van der Waals surface area contributed by atoms with Crippen molar-refractivity contribution in [2.45, 2.75) is 31.7 Å². The summed E-state index contributed by atoms with van der Waals surface area (Å²) in [5.41, 5.74) is 7.54. The largest absolute Gasteiger partial charge is 0.370 e. The van der Waals surface area contributed by atoms with Crippen molar-refractivity contribution in [3.8, 4) is 0 Å². The van der Waals surface area contributed by atoms with Crippen molar-refractivity contribution in [1.29, 1.82) is 0 Å². The Balaban J connectivity index is 1.70. The molecule has 2 atom stereocenters. The molecule has 2 nitrogen and oxygen atoms in total. The Morgan fingerprint density at radius 1 is 1.22 bits per heavy atom. The van der Waals surface area contributed by atoms with Crippen LogP contribution < -0.4 is 10.6 Å². The number of hydrogen-bond acceptors (Lipinski definition) is 2. The van der Waals surface area contributed by atoms with E-state index in [1.54, 1.807) is 0 Å². The molecule has 1 aliphatic carbocycles. The van der Waals surface area contributed by atoms with Crippen LogP contribution in [0.4, 0.5) is 5.69 Å². The third kappa shape index (κ3) is 3.07. The second-order valence-corrected chi connectivity index (χ2v) is 6.84. The second kappa shape index (κ2) is 5.22. The van der Waals surface area contributed by atoms with E-state index >= 15 is 0 Å². The van der Waals surface area contributed by atoms with E-state index in [2.05, 4.69) is 45.1 Å². The average Bonchev–Trinajstić information content (AvgIpc) is 3.12. The third-order valence-corrected chi connectivity index (χ3v) is 4.60. The number of piperidine rings is 1. The number of anilines is 1. The van der Waals surface area contributed by atoms with Crippen LogP contribution in [-0.4, -0.2) is 19.1 Å². The van der Waals surface area contributed by atoms with Crippen LogP contribution in [0.2, 0.25) is 0 Å². The normalized spacial score (nSPS) is 28.4. The van der Waals surface area contributed by atoms with Gasteiger partial charge in [0.25, 0.3) is 0 Å². The maximum absolute atomic E-state index is 6.23. The molecule has 0 spiro atoms. The molecule has 0 radical (unpaired) electrons. The van der Waals surface area contributed by atoms with Gasteiger partial charge in [0.15, 0.2) is 0 Å². The predicted octanol–water partition coefficient (Wildman–Crippen LogP) is 3.40. The van der Waals surface area contributed by atoms with Crippen LogP contribution in [0, 0.1) is 11.8 Å². The molecule has 1 saturated carbocycles. The standard InChI is InChI=1S/C15H21BrN2/c16-13-2-1-3-15(8-13)18-9-12(6-11-4-5-11)7-14(17)10-18/h1-3,8,11-12,14H,4-7,9-10,17H2. The Hall–Kier alpha value is -0.540. The zero-order valence-corrected chi connectivity index (χ0v) is 12.3. The Morgan fingerprint density at radius 2 is 2.06 bits per heavy atom. The van der Waals surface area contributed by atoms with Gasteiger partial charge in [0.1, 0.15) is 0 Å². The molecule has 3 heteroatoms. The van der Waals surface area contributed by atoms with Gasteiger partial charge in [-0.25, -0.2) is 0 Å². The van der Waals surface area contributed by atoms with E-state index in [4.69, 9.17) is 5.73 Å². The van der Waals surface area contributed by atoms with E-state index < -0.39 is 0 Å². The lowest BCUT2D eigenvalue weighted by molar-refractivity contribution is 0.344. The lowest BCUT2D eigenvalue weighted by Crippen LogP contribution is -2.47. The summed E-state index contributed by atoms with van der Waals surface area (Å²) < 4.78 is 1.15. The van der Waals surface area contributed by atoms with Crippen LogP contribution in [0.25, 0.3) is 0 Å². The zero-order chi connectivity index (χ0) is 12.5. The molecule has 2 fully saturated rings. The Kier molecular flexibility index (Phi) is 3.62. The van der Waals surface area contributed by atoms with Crippen molar-refractivity contribution in [2.24, 2.45) is 17.6 Å². The van der Waals surface area contributed by atoms with Crippen LogP contribution in [-0.2, 0) is 0 Å². The smallest absolute Gasteiger partial charge is 0.0378 e. The van der Waals surface area contributed by atoms with Gasteiger partial charge in [-0.2, -0.15) is 0 Å². The summed E-state index contributed by atoms with van der Waals surface area (Å²) >= 11 is 3.55. The summed E-state index contributed by atoms with van der Waals surface area (Å²) in [7, 11) is 0. The number of halogens is 1. The molecule has 0 bridgehead atoms. The zero-order valence-electron chi connectivity index (χ0n) is 10.7. The number of nitrogens with zero attached hydrogens (tertiary/aromatic N) is 1. The number of nitrogens with two attached hydrogens (primary N) is 1. The molecule has 3 rings (SSSR count). The summed E-state index contributed by atoms with van der Waals surface area (Å²) in [6.45, 7) is 2.18. The lowest BCUT2D eigenvalue weighted by atomic mass is 9.90. The fourth-order valence-electron chi connectivity index (χ4n) is 3.13. The van der Waals surface area contributed by atoms with E-state index in [9.17, 15) is 0 Å². The topological polar surface area (TPSA) is 29.3 Å². The molecule has 18 heavy (non-hydrogen) atoms. The van der Waals surface area contributed by atoms with Crippen molar-refractivity contribution in [3.05, 3.63) is 28.7 Å². The fraction of sp³-hybridized carbons (Fsp3) is 0.600. The minimum atomic E-state index is 0.335. The molecule has 1 saturated heterocycles. The van der Waals surface area contributed by atoms with Gasteiger partial charge in [-0.15, -0.1) is 0 Å². The molecule has 0 aromatic heterocycles. The summed E-state index contributed by atoms with van der Waals surface area (Å²) in [5.74, 6) is 1.80. The van der Waals surface area contributed by atoms with Crippen LogP contribution in [0.5, 0.6) is 0 Å². The molecule has 1 aliphatic heterocycles. The minimum absolute atomic E-state index is 0.335. The highest BCUT2D eigenvalue weighted by Gasteiger charge is 2.31. The Bertz CT molecular complexity index is 415. The van der Waals surface area contributed by atoms with Crippen LogP contribution in [0.1, 0.15) is 25.7 Å². The second-order valence-electron chi connectivity index (χ2n) is 5.93. The predicted molar refractivity (Wildman–Crippen MR) is 79.8 cm³/mol. The molecule has 2 unspecified atom stereocenters. The van der Waals surface area contributed by atoms with E-state index in [-0.39, 0.29) is 0 Å². The molecular formula is C15H21BrN2. The molecule has 1 aromatic carbocycles. The fourth-order valence-corrected chi connectivity index (χ4v) is 3.51. The highest BCUT2D eigenvalue weighted by molar-refractivity contribution is 9.10. The van der Waals surface area contributed by atoms with Gasteiger partial charge in [-0.3, -0.25) is 0 Å². The summed E-state index contributed by atoms with van der Waals surface area (Å²) in [6.07, 6.45) is 5.49. The van der Waals surface area contributed by atoms with Crippen molar-refractivity contribution in [2.75, 3.05) is 18.0 Å². The van der Waals surface area contributed by atoms with Gasteiger partial charge in [-0.1, -0.05) is 34.8 Å². The van der Waals surface area contributed by atoms with E-state index in [1.807, 2.05) is 0 Å². The van der Waals surface area contributed by atoms with Gasteiger partial charge < -0.3 is 10.6 Å². The lowest BCUT2D eigenvalue weighted by Gasteiger charge is -2.38. The van der Waals surface area contributed by atoms with E-state index in [0.717, 1.165) is 22.9 Å². The van der Waals surface area contributed by atoms with Crippen LogP contribution in [0.15, 0.2) is 28.7 Å². The molecule has 1 aromatic rings. The number of rotatable bonds is 3. The first-order valence-corrected chi connectivity index (χ1v) is 7.76. The summed E-state index contributed by atoms with van der Waals surface area (Å²) in [6, 6.07) is 8.91. The SMILES string of the molecule is NC1CC(CC2CC2)CN(c2cccc(Br)c2)C1. The molecule has 2 aliphatic rings. The van der Waals surface area contributed by atoms with Crippen LogP contribution >= 0.6 is 15.9 Å². The molecule has 2 N–H and O–H groups in total. The van der Waals surface area contributed by atoms with Gasteiger partial charge in [0, 0.05) is 29.3 Å². The molecule has 98 valence electrons. The Morgan fingerprint density at radius 3 is 2.78 bits per heavy atom. The maximum atomic E-state index is 6.23. The summed E-state index contributed by atoms with van der Waals surface area (Å²) in [4.78, 5) is 2.46. The number of benzene rings is 1. The Labute approximate surface area is 118 Å². The van der Waals surface area contributed by atoms with Gasteiger partial charge in [0.2, 0.25) is 0 Å². The number of hydrogen-bond donors (Lipinski definition) is 1. The molecule has 1 heterocycles. The average molecular weight is 309 g/mol. The maximum Gasteiger partial charge on any atom is 0.0378 e. The minimum Gasteiger partial charge on any atom is -0.370 e. The van der Waals surface area contributed by atoms with Gasteiger partial charge in [-0.05, 0) is 42.9 Å². The molecule has 0 amide bonds. The highest BCUT2D eigenvalue weighted by Crippen LogP contribution is 2.38. The summed E-state index contributed by atoms with van der Waals surface area (Å²) in [5, 5.41) is 0. The first-order valence-electron chi connectivity index (χ1n) is 6.97. The van der Waals surface area contributed by atoms with Crippen molar-refractivity contribution in [3.63, 3.8) is 0 Å². The quantitative estimate of drug-likeness (QED) is 0.927. The molecular weight excluding hydrogens is 288 g/mol. The van der Waals surface area contributed by atoms with E-state index in [1.165, 1.54) is 37.9 Å². The van der Waals surface area contributed by atoms with Crippen molar-refractivity contribution < 1.29 is 0 Å². The van der Waals surface area contributed by atoms with Gasteiger partial charge >= 0.3 is 0 Å². The monoisotopic (exact) mass is 308 g/mol.